The fourth-order valence-corrected chi connectivity index (χ4v) is 4.46. The molecule has 0 bridgehead atoms. The van der Waals surface area contributed by atoms with Gasteiger partial charge in [-0.1, -0.05) is 48.0 Å². The van der Waals surface area contributed by atoms with Crippen molar-refractivity contribution in [3.05, 3.63) is 100 Å². The van der Waals surface area contributed by atoms with Crippen LogP contribution in [0.3, 0.4) is 0 Å². The summed E-state index contributed by atoms with van der Waals surface area (Å²) in [4.78, 5) is 39.1. The third-order valence-electron chi connectivity index (χ3n) is 6.10. The minimum Gasteiger partial charge on any atom is -0.507 e. The van der Waals surface area contributed by atoms with Crippen molar-refractivity contribution in [3.63, 3.8) is 0 Å². The van der Waals surface area contributed by atoms with Crippen LogP contribution in [0.25, 0.3) is 5.76 Å². The first kappa shape index (κ1) is 23.8. The van der Waals surface area contributed by atoms with E-state index in [2.05, 4.69) is 0 Å². The molecule has 3 aromatic rings. The minimum atomic E-state index is -0.967. The molecule has 1 heterocycles. The molecular formula is C28H25NO6. The Morgan fingerprint density at radius 1 is 0.971 bits per heavy atom. The summed E-state index contributed by atoms with van der Waals surface area (Å²) in [6.07, 6.45) is -0.159. The van der Waals surface area contributed by atoms with Crippen LogP contribution in [0, 0.1) is 13.8 Å². The Morgan fingerprint density at radius 2 is 1.66 bits per heavy atom. The van der Waals surface area contributed by atoms with Crippen LogP contribution in [0.4, 0.5) is 5.69 Å². The number of amides is 1. The number of ketones is 1. The number of para-hydroxylation sites is 1. The average Bonchev–Trinajstić information content (AvgIpc) is 3.09. The number of carboxylic acids is 1. The van der Waals surface area contributed by atoms with Gasteiger partial charge in [0.2, 0.25) is 0 Å². The zero-order valence-corrected chi connectivity index (χ0v) is 19.6. The van der Waals surface area contributed by atoms with Crippen LogP contribution in [0.5, 0.6) is 5.75 Å². The minimum absolute atomic E-state index is 0.0407. The highest BCUT2D eigenvalue weighted by atomic mass is 16.5. The van der Waals surface area contributed by atoms with E-state index in [-0.39, 0.29) is 17.8 Å². The number of rotatable bonds is 6. The number of ether oxygens (including phenoxy) is 1. The maximum Gasteiger partial charge on any atom is 0.307 e. The molecule has 7 heteroatoms. The number of carboxylic acid groups (broad SMARTS) is 1. The van der Waals surface area contributed by atoms with Gasteiger partial charge in [0.15, 0.2) is 0 Å². The van der Waals surface area contributed by atoms with Crippen LogP contribution in [0.15, 0.2) is 72.3 Å². The molecular weight excluding hydrogens is 446 g/mol. The molecule has 0 spiro atoms. The van der Waals surface area contributed by atoms with Crippen molar-refractivity contribution >= 4 is 29.1 Å². The number of carbonyl (C=O) groups excluding carboxylic acids is 2. The van der Waals surface area contributed by atoms with E-state index in [9.17, 15) is 19.5 Å². The van der Waals surface area contributed by atoms with Crippen molar-refractivity contribution in [3.8, 4) is 5.75 Å². The fraction of sp³-hybridized carbons (Fsp3) is 0.179. The smallest absolute Gasteiger partial charge is 0.307 e. The maximum atomic E-state index is 13.4. The normalized spacial score (nSPS) is 17.0. The predicted molar refractivity (Wildman–Crippen MR) is 131 cm³/mol. The number of aliphatic hydroxyl groups excluding tert-OH is 1. The summed E-state index contributed by atoms with van der Waals surface area (Å²) >= 11 is 0. The number of methoxy groups -OCH3 is 1. The highest BCUT2D eigenvalue weighted by molar-refractivity contribution is 6.51. The number of carbonyl (C=O) groups is 3. The second-order valence-electron chi connectivity index (χ2n) is 8.47. The molecule has 1 aliphatic heterocycles. The molecule has 35 heavy (non-hydrogen) atoms. The molecule has 0 aromatic heterocycles. The van der Waals surface area contributed by atoms with E-state index < -0.39 is 23.7 Å². The van der Waals surface area contributed by atoms with E-state index in [0.29, 0.717) is 28.1 Å². The van der Waals surface area contributed by atoms with Gasteiger partial charge in [0.05, 0.1) is 30.7 Å². The van der Waals surface area contributed by atoms with E-state index in [1.54, 1.807) is 48.5 Å². The molecule has 1 aliphatic rings. The molecule has 0 saturated carbocycles. The van der Waals surface area contributed by atoms with Gasteiger partial charge in [-0.25, -0.2) is 0 Å². The lowest BCUT2D eigenvalue weighted by Crippen LogP contribution is -2.29. The molecule has 0 aliphatic carbocycles. The number of aliphatic carboxylic acids is 1. The Morgan fingerprint density at radius 3 is 2.29 bits per heavy atom. The third kappa shape index (κ3) is 4.40. The number of nitrogens with zero attached hydrogens (tertiary/aromatic N) is 1. The Kier molecular flexibility index (Phi) is 6.42. The van der Waals surface area contributed by atoms with Crippen molar-refractivity contribution in [1.29, 1.82) is 0 Å². The van der Waals surface area contributed by atoms with Gasteiger partial charge in [-0.05, 0) is 54.8 Å². The summed E-state index contributed by atoms with van der Waals surface area (Å²) < 4.78 is 5.37. The maximum absolute atomic E-state index is 13.4. The molecule has 1 fully saturated rings. The van der Waals surface area contributed by atoms with Gasteiger partial charge in [0, 0.05) is 5.69 Å². The van der Waals surface area contributed by atoms with E-state index in [4.69, 9.17) is 9.84 Å². The zero-order valence-electron chi connectivity index (χ0n) is 19.6. The van der Waals surface area contributed by atoms with Crippen LogP contribution >= 0.6 is 0 Å². The molecule has 4 rings (SSSR count). The summed E-state index contributed by atoms with van der Waals surface area (Å²) in [5, 5.41) is 20.4. The van der Waals surface area contributed by atoms with Gasteiger partial charge in [-0.15, -0.1) is 0 Å². The monoisotopic (exact) mass is 471 g/mol. The number of aliphatic hydroxyl groups is 1. The van der Waals surface area contributed by atoms with Crippen LogP contribution in [-0.4, -0.2) is 35.0 Å². The van der Waals surface area contributed by atoms with Crippen molar-refractivity contribution < 1.29 is 29.3 Å². The fourth-order valence-electron chi connectivity index (χ4n) is 4.46. The van der Waals surface area contributed by atoms with Gasteiger partial charge < -0.3 is 14.9 Å². The zero-order chi connectivity index (χ0) is 25.3. The molecule has 7 nitrogen and oxygen atoms in total. The molecule has 0 radical (unpaired) electrons. The Labute approximate surface area is 202 Å². The quantitative estimate of drug-likeness (QED) is 0.310. The van der Waals surface area contributed by atoms with E-state index in [1.165, 1.54) is 12.0 Å². The third-order valence-corrected chi connectivity index (χ3v) is 6.10. The summed E-state index contributed by atoms with van der Waals surface area (Å²) in [6, 6.07) is 18.0. The predicted octanol–water partition coefficient (Wildman–Crippen LogP) is 4.57. The number of hydrogen-bond acceptors (Lipinski definition) is 5. The van der Waals surface area contributed by atoms with Gasteiger partial charge in [-0.2, -0.15) is 0 Å². The number of hydrogen-bond donors (Lipinski definition) is 2. The lowest BCUT2D eigenvalue weighted by Gasteiger charge is -2.27. The number of benzene rings is 3. The van der Waals surface area contributed by atoms with E-state index in [0.717, 1.165) is 11.1 Å². The molecule has 178 valence electrons. The van der Waals surface area contributed by atoms with Crippen molar-refractivity contribution in [2.45, 2.75) is 26.3 Å². The molecule has 3 aromatic carbocycles. The summed E-state index contributed by atoms with van der Waals surface area (Å²) in [7, 11) is 1.46. The van der Waals surface area contributed by atoms with E-state index >= 15 is 0 Å². The molecule has 1 amide bonds. The Balaban J connectivity index is 1.94. The lowest BCUT2D eigenvalue weighted by molar-refractivity contribution is -0.136. The Hall–Kier alpha value is -4.39. The summed E-state index contributed by atoms with van der Waals surface area (Å²) in [5.41, 5.74) is 3.82. The molecule has 2 N–H and O–H groups in total. The number of anilines is 1. The van der Waals surface area contributed by atoms with Gasteiger partial charge in [0.1, 0.15) is 11.5 Å². The number of Topliss-reactive ketones (excluding diaryl/α,β-unsaturated/α-hetero) is 1. The highest BCUT2D eigenvalue weighted by Crippen LogP contribution is 2.44. The second-order valence-corrected chi connectivity index (χ2v) is 8.47. The van der Waals surface area contributed by atoms with Crippen molar-refractivity contribution in [1.82, 2.24) is 0 Å². The SMILES string of the molecule is COc1ccccc1/C(O)=C1\C(=O)C(=O)N(c2ccc(CC(=O)O)cc2)C1c1ccc(C)cc1C. The standard InChI is InChI=1S/C28H25NO6/c1-16-8-13-20(17(2)14-16)25-24(26(32)21-6-4-5-7-22(21)35-3)27(33)28(34)29(25)19-11-9-18(10-12-19)15-23(30)31/h4-14,25,32H,15H2,1-3H3,(H,30,31)/b26-24+. The largest absolute Gasteiger partial charge is 0.507 e. The average molecular weight is 472 g/mol. The number of aryl methyl sites for hydroxylation is 2. The highest BCUT2D eigenvalue weighted by Gasteiger charge is 2.47. The van der Waals surface area contributed by atoms with Crippen molar-refractivity contribution in [2.24, 2.45) is 0 Å². The van der Waals surface area contributed by atoms with Gasteiger partial charge in [-0.3, -0.25) is 19.3 Å². The van der Waals surface area contributed by atoms with Crippen LogP contribution in [0.2, 0.25) is 0 Å². The summed E-state index contributed by atoms with van der Waals surface area (Å²) in [6.45, 7) is 3.84. The van der Waals surface area contributed by atoms with Crippen LogP contribution in [-0.2, 0) is 20.8 Å². The topological polar surface area (TPSA) is 104 Å². The van der Waals surface area contributed by atoms with Gasteiger partial charge >= 0.3 is 5.97 Å². The first-order valence-corrected chi connectivity index (χ1v) is 11.0. The first-order valence-electron chi connectivity index (χ1n) is 11.0. The lowest BCUT2D eigenvalue weighted by atomic mass is 9.91. The summed E-state index contributed by atoms with van der Waals surface area (Å²) in [5.74, 6) is -2.51. The van der Waals surface area contributed by atoms with Crippen molar-refractivity contribution in [2.75, 3.05) is 12.0 Å². The first-order chi connectivity index (χ1) is 16.7. The molecule has 1 atom stereocenters. The second kappa shape index (κ2) is 9.46. The van der Waals surface area contributed by atoms with Crippen LogP contribution < -0.4 is 9.64 Å². The van der Waals surface area contributed by atoms with E-state index in [1.807, 2.05) is 32.0 Å². The van der Waals surface area contributed by atoms with Crippen LogP contribution in [0.1, 0.15) is 33.9 Å². The Bertz CT molecular complexity index is 1360. The molecule has 1 saturated heterocycles. The van der Waals surface area contributed by atoms with Gasteiger partial charge in [0.25, 0.3) is 11.7 Å². The molecule has 1 unspecified atom stereocenters.